The van der Waals surface area contributed by atoms with Gasteiger partial charge in [0.05, 0.1) is 28.4 Å². The second-order valence-electron chi connectivity index (χ2n) is 5.44. The molecule has 152 valence electrons. The first-order valence-corrected chi connectivity index (χ1v) is 9.61. The van der Waals surface area contributed by atoms with Crippen molar-refractivity contribution in [3.05, 3.63) is 41.5 Å². The summed E-state index contributed by atoms with van der Waals surface area (Å²) < 4.78 is 42.4. The third kappa shape index (κ3) is 5.19. The summed E-state index contributed by atoms with van der Waals surface area (Å²) in [5.74, 6) is 1.95. The maximum absolute atomic E-state index is 11.7. The Morgan fingerprint density at radius 1 is 0.750 bits per heavy atom. The number of phosphoric acid groups is 1. The highest BCUT2D eigenvalue weighted by molar-refractivity contribution is 7.47. The van der Waals surface area contributed by atoms with Crippen LogP contribution in [0, 0.1) is 0 Å². The van der Waals surface area contributed by atoms with Gasteiger partial charge in [0, 0.05) is 7.11 Å². The monoisotopic (exact) mass is 410 g/mol. The van der Waals surface area contributed by atoms with Gasteiger partial charge in [0.25, 0.3) is 0 Å². The second-order valence-corrected chi connectivity index (χ2v) is 6.93. The first-order chi connectivity index (χ1) is 13.4. The highest BCUT2D eigenvalue weighted by Crippen LogP contribution is 2.46. The molecule has 0 amide bonds. The van der Waals surface area contributed by atoms with Gasteiger partial charge in [-0.3, -0.25) is 9.42 Å². The van der Waals surface area contributed by atoms with Crippen LogP contribution >= 0.6 is 7.82 Å². The molecular formula is C19H23O8P. The number of hydrogen-bond acceptors (Lipinski definition) is 7. The van der Waals surface area contributed by atoms with Crippen LogP contribution in [-0.2, 0) is 9.09 Å². The Morgan fingerprint density at radius 3 is 1.79 bits per heavy atom. The molecule has 1 unspecified atom stereocenters. The van der Waals surface area contributed by atoms with E-state index in [-0.39, 0.29) is 5.75 Å². The van der Waals surface area contributed by atoms with Crippen molar-refractivity contribution >= 4 is 20.0 Å². The van der Waals surface area contributed by atoms with Gasteiger partial charge in [-0.2, -0.15) is 0 Å². The summed E-state index contributed by atoms with van der Waals surface area (Å²) in [5.41, 5.74) is 1.51. The van der Waals surface area contributed by atoms with E-state index in [1.54, 1.807) is 50.6 Å². The van der Waals surface area contributed by atoms with Crippen LogP contribution in [0.2, 0.25) is 0 Å². The molecule has 0 saturated carbocycles. The van der Waals surface area contributed by atoms with Crippen molar-refractivity contribution in [1.82, 2.24) is 0 Å². The van der Waals surface area contributed by atoms with Gasteiger partial charge in [-0.05, 0) is 35.4 Å². The molecule has 0 heterocycles. The topological polar surface area (TPSA) is 92.7 Å². The number of rotatable bonds is 9. The summed E-state index contributed by atoms with van der Waals surface area (Å²) in [6, 6.07) is 8.56. The highest BCUT2D eigenvalue weighted by atomic mass is 31.2. The van der Waals surface area contributed by atoms with Gasteiger partial charge in [0.15, 0.2) is 23.0 Å². The fraction of sp³-hybridized carbons (Fsp3) is 0.263. The molecule has 0 saturated heterocycles. The van der Waals surface area contributed by atoms with E-state index >= 15 is 0 Å². The molecule has 0 spiro atoms. The van der Waals surface area contributed by atoms with E-state index in [1.807, 2.05) is 6.08 Å². The van der Waals surface area contributed by atoms with Gasteiger partial charge >= 0.3 is 7.82 Å². The van der Waals surface area contributed by atoms with E-state index in [1.165, 1.54) is 14.2 Å². The Hall–Kier alpha value is -2.67. The minimum Gasteiger partial charge on any atom is -0.493 e. The van der Waals surface area contributed by atoms with Gasteiger partial charge in [0.1, 0.15) is 0 Å². The van der Waals surface area contributed by atoms with Crippen molar-refractivity contribution in [1.29, 1.82) is 0 Å². The van der Waals surface area contributed by atoms with Crippen LogP contribution in [0.1, 0.15) is 11.1 Å². The zero-order valence-electron chi connectivity index (χ0n) is 16.3. The van der Waals surface area contributed by atoms with Crippen LogP contribution in [0.15, 0.2) is 30.3 Å². The predicted octanol–water partition coefficient (Wildman–Crippen LogP) is 4.02. The van der Waals surface area contributed by atoms with E-state index in [4.69, 9.17) is 23.5 Å². The molecule has 0 radical (unpaired) electrons. The molecule has 2 aromatic carbocycles. The normalized spacial score (nSPS) is 13.1. The molecule has 2 aromatic rings. The highest BCUT2D eigenvalue weighted by Gasteiger charge is 2.22. The number of ether oxygens (including phenoxy) is 4. The SMILES string of the molecule is COc1ccc(C=Cc2cc(OC)c(OC)c(OC)c2)cc1OP(=O)(O)OC. The second kappa shape index (κ2) is 9.50. The fourth-order valence-corrected chi connectivity index (χ4v) is 2.89. The molecule has 2 rings (SSSR count). The average Bonchev–Trinajstić information content (AvgIpc) is 2.71. The third-order valence-electron chi connectivity index (χ3n) is 3.79. The Morgan fingerprint density at radius 2 is 1.29 bits per heavy atom. The Kier molecular flexibility index (Phi) is 7.34. The summed E-state index contributed by atoms with van der Waals surface area (Å²) >= 11 is 0. The fourth-order valence-electron chi connectivity index (χ4n) is 2.42. The van der Waals surface area contributed by atoms with Crippen LogP contribution in [-0.4, -0.2) is 40.4 Å². The predicted molar refractivity (Wildman–Crippen MR) is 105 cm³/mol. The van der Waals surface area contributed by atoms with Crippen LogP contribution < -0.4 is 23.5 Å². The average molecular weight is 410 g/mol. The maximum Gasteiger partial charge on any atom is 0.527 e. The molecule has 0 aliphatic heterocycles. The number of methoxy groups -OCH3 is 4. The van der Waals surface area contributed by atoms with Crippen LogP contribution in [0.4, 0.5) is 0 Å². The number of hydrogen-bond donors (Lipinski definition) is 1. The zero-order chi connectivity index (χ0) is 20.7. The van der Waals surface area contributed by atoms with Gasteiger partial charge < -0.3 is 23.5 Å². The van der Waals surface area contributed by atoms with E-state index in [0.717, 1.165) is 12.7 Å². The van der Waals surface area contributed by atoms with Crippen molar-refractivity contribution in [2.75, 3.05) is 35.5 Å². The van der Waals surface area contributed by atoms with Crippen LogP contribution in [0.5, 0.6) is 28.7 Å². The Bertz CT molecular complexity index is 868. The maximum atomic E-state index is 11.7. The molecule has 9 heteroatoms. The van der Waals surface area contributed by atoms with E-state index in [9.17, 15) is 9.46 Å². The number of benzene rings is 2. The molecule has 0 aromatic heterocycles. The third-order valence-corrected chi connectivity index (χ3v) is 4.68. The first kappa shape index (κ1) is 21.6. The molecule has 1 N–H and O–H groups in total. The Balaban J connectivity index is 2.37. The van der Waals surface area contributed by atoms with Gasteiger partial charge in [-0.15, -0.1) is 0 Å². The minimum atomic E-state index is -4.21. The number of phosphoric ester groups is 1. The van der Waals surface area contributed by atoms with Crippen LogP contribution in [0.25, 0.3) is 12.2 Å². The summed E-state index contributed by atoms with van der Waals surface area (Å²) in [5, 5.41) is 0. The summed E-state index contributed by atoms with van der Waals surface area (Å²) in [7, 11) is 2.93. The molecule has 8 nitrogen and oxygen atoms in total. The molecule has 0 bridgehead atoms. The molecule has 28 heavy (non-hydrogen) atoms. The lowest BCUT2D eigenvalue weighted by Crippen LogP contribution is -1.97. The lowest BCUT2D eigenvalue weighted by molar-refractivity contribution is 0.239. The standard InChI is InChI=1S/C19H23O8P/c1-22-15-9-8-13(10-16(15)27-28(20,21)26-5)6-7-14-11-17(23-2)19(25-4)18(12-14)24-3/h6-12H,1-5H3,(H,20,21). The van der Waals surface area contributed by atoms with Crippen molar-refractivity contribution in [3.63, 3.8) is 0 Å². The lowest BCUT2D eigenvalue weighted by atomic mass is 10.1. The van der Waals surface area contributed by atoms with Crippen molar-refractivity contribution in [2.45, 2.75) is 0 Å². The Labute approximate surface area is 163 Å². The van der Waals surface area contributed by atoms with Gasteiger partial charge in [-0.1, -0.05) is 18.2 Å². The summed E-state index contributed by atoms with van der Waals surface area (Å²) in [6.45, 7) is 0. The van der Waals surface area contributed by atoms with E-state index in [2.05, 4.69) is 4.52 Å². The van der Waals surface area contributed by atoms with Crippen molar-refractivity contribution in [2.24, 2.45) is 0 Å². The zero-order valence-corrected chi connectivity index (χ0v) is 17.2. The lowest BCUT2D eigenvalue weighted by Gasteiger charge is -2.14. The molecule has 0 fully saturated rings. The van der Waals surface area contributed by atoms with Crippen LogP contribution in [0.3, 0.4) is 0 Å². The van der Waals surface area contributed by atoms with Crippen molar-refractivity contribution in [3.8, 4) is 28.7 Å². The molecule has 0 aliphatic carbocycles. The minimum absolute atomic E-state index is 0.0854. The summed E-state index contributed by atoms with van der Waals surface area (Å²) in [4.78, 5) is 9.56. The summed E-state index contributed by atoms with van der Waals surface area (Å²) in [6.07, 6.45) is 3.62. The van der Waals surface area contributed by atoms with Crippen molar-refractivity contribution < 1.29 is 37.5 Å². The largest absolute Gasteiger partial charge is 0.527 e. The molecular weight excluding hydrogens is 387 g/mol. The van der Waals surface area contributed by atoms with E-state index in [0.29, 0.717) is 28.6 Å². The first-order valence-electron chi connectivity index (χ1n) is 8.11. The van der Waals surface area contributed by atoms with Gasteiger partial charge in [0.2, 0.25) is 5.75 Å². The van der Waals surface area contributed by atoms with Gasteiger partial charge in [-0.25, -0.2) is 4.57 Å². The quantitative estimate of drug-likeness (QED) is 0.490. The van der Waals surface area contributed by atoms with E-state index < -0.39 is 7.82 Å². The molecule has 0 aliphatic rings. The smallest absolute Gasteiger partial charge is 0.493 e. The molecule has 1 atom stereocenters.